The summed E-state index contributed by atoms with van der Waals surface area (Å²) in [5.41, 5.74) is 6.07. The Labute approximate surface area is 112 Å². The summed E-state index contributed by atoms with van der Waals surface area (Å²) in [6, 6.07) is 0. The van der Waals surface area contributed by atoms with Crippen LogP contribution in [-0.2, 0) is 0 Å². The van der Waals surface area contributed by atoms with E-state index >= 15 is 0 Å². The number of rotatable bonds is 6. The molecule has 5 heteroatoms. The molecule has 0 saturated heterocycles. The van der Waals surface area contributed by atoms with Crippen molar-refractivity contribution in [1.29, 1.82) is 0 Å². The first-order chi connectivity index (χ1) is 8.74. The number of thiocarbonyl (C=S) groups is 1. The van der Waals surface area contributed by atoms with Crippen LogP contribution in [-0.4, -0.2) is 21.5 Å². The van der Waals surface area contributed by atoms with Crippen molar-refractivity contribution in [2.75, 3.05) is 11.9 Å². The summed E-state index contributed by atoms with van der Waals surface area (Å²) in [4.78, 5) is 8.77. The second-order valence-electron chi connectivity index (χ2n) is 5.37. The van der Waals surface area contributed by atoms with Gasteiger partial charge in [-0.1, -0.05) is 12.2 Å². The summed E-state index contributed by atoms with van der Waals surface area (Å²) in [6.07, 6.45) is 8.99. The second kappa shape index (κ2) is 4.80. The Bertz CT molecular complexity index is 425. The van der Waals surface area contributed by atoms with Crippen molar-refractivity contribution in [3.05, 3.63) is 18.1 Å². The van der Waals surface area contributed by atoms with Crippen LogP contribution in [0.2, 0.25) is 0 Å². The summed E-state index contributed by atoms with van der Waals surface area (Å²) in [5.74, 6) is 3.56. The zero-order valence-corrected chi connectivity index (χ0v) is 11.1. The third-order valence-electron chi connectivity index (χ3n) is 3.88. The van der Waals surface area contributed by atoms with Gasteiger partial charge in [-0.25, -0.2) is 9.97 Å². The van der Waals surface area contributed by atoms with E-state index in [1.807, 2.05) is 0 Å². The first-order valence-electron chi connectivity index (χ1n) is 6.60. The zero-order chi connectivity index (χ0) is 12.5. The average Bonchev–Trinajstić information content (AvgIpc) is 3.24. The second-order valence-corrected chi connectivity index (χ2v) is 5.81. The van der Waals surface area contributed by atoms with Gasteiger partial charge in [-0.15, -0.1) is 0 Å². The van der Waals surface area contributed by atoms with Crippen LogP contribution in [0.1, 0.15) is 31.4 Å². The number of hydrogen-bond donors (Lipinski definition) is 2. The molecule has 2 aliphatic rings. The topological polar surface area (TPSA) is 63.8 Å². The van der Waals surface area contributed by atoms with Gasteiger partial charge in [0.1, 0.15) is 16.5 Å². The van der Waals surface area contributed by atoms with E-state index in [4.69, 9.17) is 18.0 Å². The van der Waals surface area contributed by atoms with Crippen LogP contribution in [0.5, 0.6) is 0 Å². The number of anilines is 1. The molecular weight excluding hydrogens is 244 g/mol. The predicted molar refractivity (Wildman–Crippen MR) is 75.3 cm³/mol. The monoisotopic (exact) mass is 262 g/mol. The maximum atomic E-state index is 5.49. The Morgan fingerprint density at radius 1 is 1.28 bits per heavy atom. The Hall–Kier alpha value is -1.23. The van der Waals surface area contributed by atoms with Crippen molar-refractivity contribution in [3.8, 4) is 0 Å². The van der Waals surface area contributed by atoms with Crippen LogP contribution in [0.15, 0.2) is 12.4 Å². The molecule has 0 amide bonds. The van der Waals surface area contributed by atoms with Crippen molar-refractivity contribution in [1.82, 2.24) is 9.97 Å². The van der Waals surface area contributed by atoms with Crippen molar-refractivity contribution < 1.29 is 0 Å². The van der Waals surface area contributed by atoms with Crippen molar-refractivity contribution in [2.45, 2.75) is 25.7 Å². The van der Waals surface area contributed by atoms with Crippen LogP contribution in [0.4, 0.5) is 5.82 Å². The number of hydrogen-bond acceptors (Lipinski definition) is 4. The Morgan fingerprint density at radius 2 is 1.94 bits per heavy atom. The fraction of sp³-hybridized carbons (Fsp3) is 0.615. The summed E-state index contributed by atoms with van der Waals surface area (Å²) in [6.45, 7) is 1.02. The van der Waals surface area contributed by atoms with Gasteiger partial charge in [0.05, 0.1) is 12.4 Å². The van der Waals surface area contributed by atoms with Gasteiger partial charge in [0, 0.05) is 6.54 Å². The minimum absolute atomic E-state index is 0.294. The van der Waals surface area contributed by atoms with Crippen molar-refractivity contribution in [3.63, 3.8) is 0 Å². The molecule has 2 fully saturated rings. The van der Waals surface area contributed by atoms with E-state index in [0.717, 1.165) is 30.1 Å². The SMILES string of the molecule is NC(=S)c1cnc(NCC(C2CC2)C2CC2)cn1. The maximum absolute atomic E-state index is 5.49. The molecule has 0 spiro atoms. The molecule has 1 aromatic heterocycles. The first kappa shape index (κ1) is 11.8. The van der Waals surface area contributed by atoms with Gasteiger partial charge in [-0.05, 0) is 43.4 Å². The van der Waals surface area contributed by atoms with E-state index < -0.39 is 0 Å². The third kappa shape index (κ3) is 2.77. The standard InChI is InChI=1S/C13H18N4S/c14-13(18)11-6-17-12(7-15-11)16-5-10(8-1-2-8)9-3-4-9/h6-10H,1-5H2,(H2,14,18)(H,16,17). The van der Waals surface area contributed by atoms with E-state index in [0.29, 0.717) is 10.7 Å². The summed E-state index contributed by atoms with van der Waals surface area (Å²) in [7, 11) is 0. The number of nitrogens with two attached hydrogens (primary N) is 1. The highest BCUT2D eigenvalue weighted by molar-refractivity contribution is 7.80. The molecule has 18 heavy (non-hydrogen) atoms. The molecule has 0 aromatic carbocycles. The molecule has 0 unspecified atom stereocenters. The van der Waals surface area contributed by atoms with Gasteiger partial charge in [0.15, 0.2) is 0 Å². The van der Waals surface area contributed by atoms with Crippen LogP contribution in [0.25, 0.3) is 0 Å². The lowest BCUT2D eigenvalue weighted by molar-refractivity contribution is 0.427. The lowest BCUT2D eigenvalue weighted by Gasteiger charge is -2.16. The molecule has 0 atom stereocenters. The lowest BCUT2D eigenvalue weighted by atomic mass is 9.98. The predicted octanol–water partition coefficient (Wildman–Crippen LogP) is 1.96. The van der Waals surface area contributed by atoms with Crippen molar-refractivity contribution in [2.24, 2.45) is 23.5 Å². The number of nitrogens with one attached hydrogen (secondary N) is 1. The summed E-state index contributed by atoms with van der Waals surface area (Å²) in [5, 5.41) is 3.40. The van der Waals surface area contributed by atoms with Crippen LogP contribution >= 0.6 is 12.2 Å². The first-order valence-corrected chi connectivity index (χ1v) is 7.00. The Balaban J connectivity index is 1.56. The van der Waals surface area contributed by atoms with E-state index in [-0.39, 0.29) is 0 Å². The molecule has 2 saturated carbocycles. The van der Waals surface area contributed by atoms with Crippen LogP contribution < -0.4 is 11.1 Å². The van der Waals surface area contributed by atoms with Gasteiger partial charge in [-0.2, -0.15) is 0 Å². The Morgan fingerprint density at radius 3 is 2.39 bits per heavy atom. The normalized spacial score (nSPS) is 18.9. The molecule has 0 bridgehead atoms. The molecule has 3 rings (SSSR count). The highest BCUT2D eigenvalue weighted by atomic mass is 32.1. The van der Waals surface area contributed by atoms with Crippen molar-refractivity contribution >= 4 is 23.0 Å². The number of aromatic nitrogens is 2. The molecule has 0 radical (unpaired) electrons. The quantitative estimate of drug-likeness (QED) is 0.767. The lowest BCUT2D eigenvalue weighted by Crippen LogP contribution is -2.19. The molecule has 4 nitrogen and oxygen atoms in total. The van der Waals surface area contributed by atoms with Gasteiger partial charge in [0.2, 0.25) is 0 Å². The molecule has 2 aliphatic carbocycles. The van der Waals surface area contributed by atoms with Crippen LogP contribution in [0.3, 0.4) is 0 Å². The highest BCUT2D eigenvalue weighted by Crippen LogP contribution is 2.49. The number of nitrogens with zero attached hydrogens (tertiary/aromatic N) is 2. The van der Waals surface area contributed by atoms with Gasteiger partial charge in [0.25, 0.3) is 0 Å². The zero-order valence-electron chi connectivity index (χ0n) is 10.3. The van der Waals surface area contributed by atoms with Gasteiger partial charge >= 0.3 is 0 Å². The fourth-order valence-corrected chi connectivity index (χ4v) is 2.64. The van der Waals surface area contributed by atoms with E-state index in [1.54, 1.807) is 12.4 Å². The summed E-state index contributed by atoms with van der Waals surface area (Å²) < 4.78 is 0. The minimum Gasteiger partial charge on any atom is -0.388 e. The van der Waals surface area contributed by atoms with E-state index in [2.05, 4.69) is 15.3 Å². The molecule has 96 valence electrons. The molecule has 1 heterocycles. The van der Waals surface area contributed by atoms with E-state index in [1.165, 1.54) is 25.7 Å². The molecule has 0 aliphatic heterocycles. The molecule has 1 aromatic rings. The van der Waals surface area contributed by atoms with Gasteiger partial charge < -0.3 is 11.1 Å². The smallest absolute Gasteiger partial charge is 0.144 e. The summed E-state index contributed by atoms with van der Waals surface area (Å²) >= 11 is 4.85. The largest absolute Gasteiger partial charge is 0.388 e. The molecular formula is C13H18N4S. The maximum Gasteiger partial charge on any atom is 0.144 e. The highest BCUT2D eigenvalue weighted by Gasteiger charge is 2.40. The Kier molecular flexibility index (Phi) is 3.16. The van der Waals surface area contributed by atoms with Gasteiger partial charge in [-0.3, -0.25) is 0 Å². The average molecular weight is 262 g/mol. The van der Waals surface area contributed by atoms with E-state index in [9.17, 15) is 0 Å². The minimum atomic E-state index is 0.294. The molecule has 3 N–H and O–H groups in total. The fourth-order valence-electron chi connectivity index (χ4n) is 2.54. The van der Waals surface area contributed by atoms with Crippen LogP contribution in [0, 0.1) is 17.8 Å². The third-order valence-corrected chi connectivity index (χ3v) is 4.09.